The fourth-order valence-corrected chi connectivity index (χ4v) is 5.29. The zero-order valence-corrected chi connectivity index (χ0v) is 20.2. The Morgan fingerprint density at radius 3 is 2.76 bits per heavy atom. The molecule has 0 N–H and O–H groups in total. The number of terminal acetylenes is 1. The third-order valence-electron chi connectivity index (χ3n) is 6.64. The van der Waals surface area contributed by atoms with Gasteiger partial charge in [0.2, 0.25) is 0 Å². The van der Waals surface area contributed by atoms with Crippen molar-refractivity contribution in [3.63, 3.8) is 0 Å². The summed E-state index contributed by atoms with van der Waals surface area (Å²) in [6, 6.07) is 13.8. The average Bonchev–Trinajstić information content (AvgIpc) is 3.10. The lowest BCUT2D eigenvalue weighted by Crippen LogP contribution is -2.25. The molecule has 1 aliphatic carbocycles. The summed E-state index contributed by atoms with van der Waals surface area (Å²) in [5.74, 6) is 3.74. The van der Waals surface area contributed by atoms with Crippen LogP contribution in [0.3, 0.4) is 0 Å². The minimum atomic E-state index is -0.136. The molecule has 5 nitrogen and oxygen atoms in total. The second-order valence-electron chi connectivity index (χ2n) is 8.63. The Balaban J connectivity index is 1.70. The molecule has 0 saturated heterocycles. The lowest BCUT2D eigenvalue weighted by molar-refractivity contribution is 0.416. The van der Waals surface area contributed by atoms with Gasteiger partial charge >= 0.3 is 0 Å². The molecule has 2 heterocycles. The van der Waals surface area contributed by atoms with E-state index in [1.165, 1.54) is 11.1 Å². The van der Waals surface area contributed by atoms with E-state index in [-0.39, 0.29) is 11.5 Å². The van der Waals surface area contributed by atoms with Gasteiger partial charge in [0.15, 0.2) is 0 Å². The van der Waals surface area contributed by atoms with E-state index in [1.807, 2.05) is 37.3 Å². The molecule has 0 radical (unpaired) electrons. The number of halogens is 1. The lowest BCUT2D eigenvalue weighted by atomic mass is 9.88. The summed E-state index contributed by atoms with van der Waals surface area (Å²) in [6.07, 6.45) is 13.0. The number of hydrogen-bond acceptors (Lipinski definition) is 3. The fourth-order valence-electron chi connectivity index (χ4n) is 4.93. The first-order valence-electron chi connectivity index (χ1n) is 11.4. The van der Waals surface area contributed by atoms with E-state index >= 15 is 0 Å². The monoisotopic (exact) mass is 500 g/mol. The highest BCUT2D eigenvalue weighted by atomic mass is 79.9. The number of rotatable bonds is 4. The molecular weight excluding hydrogens is 476 g/mol. The molecule has 0 bridgehead atoms. The number of fused-ring (bicyclic) bond motifs is 2. The van der Waals surface area contributed by atoms with Crippen LogP contribution in [-0.4, -0.2) is 20.4 Å². The first-order chi connectivity index (χ1) is 16.1. The highest BCUT2D eigenvalue weighted by Crippen LogP contribution is 2.32. The first-order valence-corrected chi connectivity index (χ1v) is 12.2. The van der Waals surface area contributed by atoms with Gasteiger partial charge < -0.3 is 4.57 Å². The number of aromatic nitrogens is 3. The van der Waals surface area contributed by atoms with Crippen molar-refractivity contribution in [2.75, 3.05) is 0 Å². The zero-order valence-electron chi connectivity index (χ0n) is 18.6. The Morgan fingerprint density at radius 1 is 1.18 bits per heavy atom. The van der Waals surface area contributed by atoms with Gasteiger partial charge in [0, 0.05) is 32.6 Å². The molecule has 5 rings (SSSR count). The van der Waals surface area contributed by atoms with Crippen molar-refractivity contribution < 1.29 is 0 Å². The lowest BCUT2D eigenvalue weighted by Gasteiger charge is -2.22. The number of nitrogens with zero attached hydrogens (tertiary/aromatic N) is 4. The SMILES string of the molecule is C#CCn1c(C)c(C=Nn2c(C3CCCCC3)nc3ccc(Br)cc3c2=O)c2ccccc21. The Labute approximate surface area is 201 Å². The van der Waals surface area contributed by atoms with Crippen LogP contribution >= 0.6 is 15.9 Å². The molecule has 2 aromatic carbocycles. The summed E-state index contributed by atoms with van der Waals surface area (Å²) >= 11 is 3.48. The maximum Gasteiger partial charge on any atom is 0.282 e. The zero-order chi connectivity index (χ0) is 22.9. The largest absolute Gasteiger partial charge is 0.333 e. The van der Waals surface area contributed by atoms with Crippen LogP contribution in [0.1, 0.15) is 55.1 Å². The van der Waals surface area contributed by atoms with E-state index in [4.69, 9.17) is 16.5 Å². The number of para-hydroxylation sites is 1. The topological polar surface area (TPSA) is 52.2 Å². The predicted octanol–water partition coefficient (Wildman–Crippen LogP) is 5.99. The summed E-state index contributed by atoms with van der Waals surface area (Å²) in [4.78, 5) is 18.5. The molecule has 0 unspecified atom stereocenters. The fraction of sp³-hybridized carbons (Fsp3) is 0.296. The summed E-state index contributed by atoms with van der Waals surface area (Å²) in [5.41, 5.74) is 3.65. The van der Waals surface area contributed by atoms with Crippen LogP contribution in [0, 0.1) is 19.3 Å². The summed E-state index contributed by atoms with van der Waals surface area (Å²) < 4.78 is 4.48. The van der Waals surface area contributed by atoms with E-state index in [2.05, 4.69) is 38.6 Å². The van der Waals surface area contributed by atoms with Gasteiger partial charge in [-0.1, -0.05) is 59.3 Å². The van der Waals surface area contributed by atoms with E-state index < -0.39 is 0 Å². The maximum atomic E-state index is 13.6. The van der Waals surface area contributed by atoms with E-state index in [0.717, 1.165) is 63.7 Å². The Kier molecular flexibility index (Phi) is 5.90. The Bertz CT molecular complexity index is 1480. The summed E-state index contributed by atoms with van der Waals surface area (Å²) in [6.45, 7) is 2.53. The van der Waals surface area contributed by atoms with Gasteiger partial charge in [-0.25, -0.2) is 4.98 Å². The minimum absolute atomic E-state index is 0.136. The van der Waals surface area contributed by atoms with Crippen LogP contribution < -0.4 is 5.56 Å². The van der Waals surface area contributed by atoms with Gasteiger partial charge in [0.25, 0.3) is 5.56 Å². The quantitative estimate of drug-likeness (QED) is 0.255. The van der Waals surface area contributed by atoms with Gasteiger partial charge in [-0.15, -0.1) is 6.42 Å². The maximum absolute atomic E-state index is 13.6. The third-order valence-corrected chi connectivity index (χ3v) is 7.13. The Morgan fingerprint density at radius 2 is 1.97 bits per heavy atom. The molecule has 0 amide bonds. The molecule has 166 valence electrons. The van der Waals surface area contributed by atoms with Crippen molar-refractivity contribution in [1.29, 1.82) is 0 Å². The molecule has 33 heavy (non-hydrogen) atoms. The molecule has 1 fully saturated rings. The summed E-state index contributed by atoms with van der Waals surface area (Å²) in [5, 5.41) is 6.38. The number of hydrogen-bond donors (Lipinski definition) is 0. The van der Waals surface area contributed by atoms with Crippen LogP contribution in [0.4, 0.5) is 0 Å². The van der Waals surface area contributed by atoms with Gasteiger partial charge in [-0.05, 0) is 44.0 Å². The van der Waals surface area contributed by atoms with Crippen molar-refractivity contribution >= 4 is 44.0 Å². The van der Waals surface area contributed by atoms with Gasteiger partial charge in [0.05, 0.1) is 23.7 Å². The van der Waals surface area contributed by atoms with Gasteiger partial charge in [0.1, 0.15) is 5.82 Å². The van der Waals surface area contributed by atoms with Crippen molar-refractivity contribution in [1.82, 2.24) is 14.2 Å². The van der Waals surface area contributed by atoms with Crippen LogP contribution in [-0.2, 0) is 6.54 Å². The average molecular weight is 501 g/mol. The molecule has 0 atom stereocenters. The molecule has 1 aliphatic rings. The normalized spacial score (nSPS) is 14.9. The molecule has 0 spiro atoms. The van der Waals surface area contributed by atoms with Crippen molar-refractivity contribution in [2.24, 2.45) is 5.10 Å². The van der Waals surface area contributed by atoms with Crippen LogP contribution in [0.5, 0.6) is 0 Å². The van der Waals surface area contributed by atoms with Crippen molar-refractivity contribution in [3.05, 3.63) is 74.4 Å². The first kappa shape index (κ1) is 21.7. The highest BCUT2D eigenvalue weighted by molar-refractivity contribution is 9.10. The predicted molar refractivity (Wildman–Crippen MR) is 138 cm³/mol. The smallest absolute Gasteiger partial charge is 0.282 e. The minimum Gasteiger partial charge on any atom is -0.333 e. The highest BCUT2D eigenvalue weighted by Gasteiger charge is 2.23. The molecule has 2 aromatic heterocycles. The third kappa shape index (κ3) is 3.91. The summed E-state index contributed by atoms with van der Waals surface area (Å²) in [7, 11) is 0. The molecule has 6 heteroatoms. The Hall–Kier alpha value is -3.17. The second kappa shape index (κ2) is 8.99. The van der Waals surface area contributed by atoms with E-state index in [1.54, 1.807) is 6.21 Å². The molecular formula is C27H25BrN4O. The molecule has 4 aromatic rings. The van der Waals surface area contributed by atoms with Crippen LogP contribution in [0.15, 0.2) is 56.8 Å². The van der Waals surface area contributed by atoms with Crippen molar-refractivity contribution in [3.8, 4) is 12.3 Å². The van der Waals surface area contributed by atoms with Crippen LogP contribution in [0.25, 0.3) is 21.8 Å². The molecule has 1 saturated carbocycles. The second-order valence-corrected chi connectivity index (χ2v) is 9.55. The van der Waals surface area contributed by atoms with Gasteiger partial charge in [-0.3, -0.25) is 4.79 Å². The standard InChI is InChI=1S/C27H25BrN4O/c1-3-15-31-18(2)23(21-11-7-8-12-25(21)31)17-29-32-26(19-9-5-4-6-10-19)30-24-14-13-20(28)16-22(24)27(32)33/h1,7-8,11-14,16-17,19H,4-6,9-10,15H2,2H3. The van der Waals surface area contributed by atoms with E-state index in [0.29, 0.717) is 11.9 Å². The number of benzene rings is 2. The van der Waals surface area contributed by atoms with Crippen molar-refractivity contribution in [2.45, 2.75) is 51.5 Å². The van der Waals surface area contributed by atoms with Gasteiger partial charge in [-0.2, -0.15) is 9.78 Å². The van der Waals surface area contributed by atoms with Crippen LogP contribution in [0.2, 0.25) is 0 Å². The molecule has 0 aliphatic heterocycles. The van der Waals surface area contributed by atoms with E-state index in [9.17, 15) is 4.79 Å².